The van der Waals surface area contributed by atoms with Crippen LogP contribution < -0.4 is 10.6 Å². The van der Waals surface area contributed by atoms with Crippen LogP contribution in [0.3, 0.4) is 0 Å². The van der Waals surface area contributed by atoms with Crippen LogP contribution in [0, 0.1) is 13.8 Å². The fraction of sp³-hybridized carbons (Fsp3) is 0.533. The molecule has 3 heteroatoms. The number of hydrogen-bond donors (Lipinski definition) is 2. The molecule has 0 spiro atoms. The van der Waals surface area contributed by atoms with E-state index in [1.165, 1.54) is 29.5 Å². The summed E-state index contributed by atoms with van der Waals surface area (Å²) in [5.74, 6) is 0.0781. The van der Waals surface area contributed by atoms with E-state index in [2.05, 4.69) is 42.7 Å². The Kier molecular flexibility index (Phi) is 4.02. The van der Waals surface area contributed by atoms with Crippen LogP contribution in [-0.4, -0.2) is 18.5 Å². The Morgan fingerprint density at radius 3 is 2.72 bits per heavy atom. The average molecular weight is 246 g/mol. The van der Waals surface area contributed by atoms with Gasteiger partial charge in [0.2, 0.25) is 5.91 Å². The summed E-state index contributed by atoms with van der Waals surface area (Å²) in [6.07, 6.45) is 2.42. The van der Waals surface area contributed by atoms with Crippen LogP contribution in [0.25, 0.3) is 0 Å². The lowest BCUT2D eigenvalue weighted by molar-refractivity contribution is -0.120. The summed E-state index contributed by atoms with van der Waals surface area (Å²) >= 11 is 0. The van der Waals surface area contributed by atoms with Gasteiger partial charge in [-0.15, -0.1) is 0 Å². The molecular formula is C15H22N2O. The van der Waals surface area contributed by atoms with E-state index in [-0.39, 0.29) is 11.9 Å². The Labute approximate surface area is 109 Å². The molecule has 0 bridgehead atoms. The molecule has 0 aromatic heterocycles. The summed E-state index contributed by atoms with van der Waals surface area (Å²) in [5, 5.41) is 6.26. The van der Waals surface area contributed by atoms with E-state index in [9.17, 15) is 4.79 Å². The van der Waals surface area contributed by atoms with Crippen LogP contribution in [-0.2, 0) is 4.79 Å². The van der Waals surface area contributed by atoms with Crippen molar-refractivity contribution >= 4 is 5.91 Å². The third-order valence-corrected chi connectivity index (χ3v) is 3.40. The van der Waals surface area contributed by atoms with Crippen molar-refractivity contribution < 1.29 is 4.79 Å². The molecule has 2 N–H and O–H groups in total. The Morgan fingerprint density at radius 2 is 2.11 bits per heavy atom. The Hall–Kier alpha value is -1.35. The zero-order valence-electron chi connectivity index (χ0n) is 11.4. The van der Waals surface area contributed by atoms with E-state index in [1.54, 1.807) is 0 Å². The molecule has 1 aliphatic carbocycles. The highest BCUT2D eigenvalue weighted by Gasteiger charge is 2.21. The monoisotopic (exact) mass is 246 g/mol. The van der Waals surface area contributed by atoms with E-state index in [4.69, 9.17) is 0 Å². The smallest absolute Gasteiger partial charge is 0.234 e. The maximum absolute atomic E-state index is 11.8. The molecule has 1 saturated carbocycles. The Bertz CT molecular complexity index is 438. The molecule has 98 valence electrons. The van der Waals surface area contributed by atoms with Crippen LogP contribution in [0.4, 0.5) is 0 Å². The van der Waals surface area contributed by atoms with Gasteiger partial charge in [-0.25, -0.2) is 0 Å². The van der Waals surface area contributed by atoms with E-state index < -0.39 is 0 Å². The molecule has 0 radical (unpaired) electrons. The minimum atomic E-state index is 0.0686. The number of rotatable bonds is 5. The van der Waals surface area contributed by atoms with Gasteiger partial charge in [0.05, 0.1) is 12.6 Å². The highest BCUT2D eigenvalue weighted by Crippen LogP contribution is 2.19. The second kappa shape index (κ2) is 5.53. The minimum Gasteiger partial charge on any atom is -0.348 e. The van der Waals surface area contributed by atoms with Gasteiger partial charge >= 0.3 is 0 Å². The van der Waals surface area contributed by atoms with Gasteiger partial charge in [-0.3, -0.25) is 4.79 Å². The maximum Gasteiger partial charge on any atom is 0.234 e. The second-order valence-electron chi connectivity index (χ2n) is 5.30. The number of nitrogens with one attached hydrogen (secondary N) is 2. The van der Waals surface area contributed by atoms with Gasteiger partial charge in [-0.05, 0) is 44.7 Å². The molecule has 1 aromatic rings. The molecule has 0 saturated heterocycles. The molecule has 0 heterocycles. The van der Waals surface area contributed by atoms with Crippen molar-refractivity contribution in [1.82, 2.24) is 10.6 Å². The summed E-state index contributed by atoms with van der Waals surface area (Å²) < 4.78 is 0. The summed E-state index contributed by atoms with van der Waals surface area (Å²) in [7, 11) is 0. The summed E-state index contributed by atoms with van der Waals surface area (Å²) in [5.41, 5.74) is 3.68. The highest BCUT2D eigenvalue weighted by molar-refractivity contribution is 5.78. The average Bonchev–Trinajstić information content (AvgIpc) is 3.09. The standard InChI is InChI=1S/C15H22N2O/c1-10-4-7-14(11(2)8-10)12(3)17-15(18)9-16-13-5-6-13/h4,7-8,12-13,16H,5-6,9H2,1-3H3,(H,17,18). The lowest BCUT2D eigenvalue weighted by Gasteiger charge is -2.17. The fourth-order valence-corrected chi connectivity index (χ4v) is 2.21. The van der Waals surface area contributed by atoms with Crippen LogP contribution in [0.5, 0.6) is 0 Å². The second-order valence-corrected chi connectivity index (χ2v) is 5.30. The molecular weight excluding hydrogens is 224 g/mol. The zero-order chi connectivity index (χ0) is 13.1. The van der Waals surface area contributed by atoms with Gasteiger partial charge in [0.15, 0.2) is 0 Å². The molecule has 18 heavy (non-hydrogen) atoms. The summed E-state index contributed by atoms with van der Waals surface area (Å²) in [6, 6.07) is 6.99. The third kappa shape index (κ3) is 3.57. The van der Waals surface area contributed by atoms with Crippen molar-refractivity contribution in [2.45, 2.75) is 45.7 Å². The van der Waals surface area contributed by atoms with Crippen LogP contribution >= 0.6 is 0 Å². The third-order valence-electron chi connectivity index (χ3n) is 3.40. The van der Waals surface area contributed by atoms with Crippen molar-refractivity contribution in [2.24, 2.45) is 0 Å². The molecule has 1 unspecified atom stereocenters. The summed E-state index contributed by atoms with van der Waals surface area (Å²) in [4.78, 5) is 11.8. The Morgan fingerprint density at radius 1 is 1.39 bits per heavy atom. The van der Waals surface area contributed by atoms with Gasteiger partial charge in [0, 0.05) is 6.04 Å². The van der Waals surface area contributed by atoms with Crippen molar-refractivity contribution in [3.05, 3.63) is 34.9 Å². The van der Waals surface area contributed by atoms with Gasteiger partial charge in [-0.1, -0.05) is 23.8 Å². The lowest BCUT2D eigenvalue weighted by atomic mass is 10.0. The normalized spacial score (nSPS) is 16.4. The first-order valence-corrected chi connectivity index (χ1v) is 6.66. The molecule has 1 amide bonds. The number of benzene rings is 1. The SMILES string of the molecule is Cc1ccc(C(C)NC(=O)CNC2CC2)c(C)c1. The number of carbonyl (C=O) groups excluding carboxylic acids is 1. The maximum atomic E-state index is 11.8. The topological polar surface area (TPSA) is 41.1 Å². The highest BCUT2D eigenvalue weighted by atomic mass is 16.1. The molecule has 0 aliphatic heterocycles. The molecule has 3 nitrogen and oxygen atoms in total. The number of aryl methyl sites for hydroxylation is 2. The van der Waals surface area contributed by atoms with E-state index in [1.807, 2.05) is 6.92 Å². The number of hydrogen-bond acceptors (Lipinski definition) is 2. The van der Waals surface area contributed by atoms with Gasteiger partial charge in [0.25, 0.3) is 0 Å². The van der Waals surface area contributed by atoms with Crippen molar-refractivity contribution in [1.29, 1.82) is 0 Å². The van der Waals surface area contributed by atoms with E-state index in [0.29, 0.717) is 12.6 Å². The first-order chi connectivity index (χ1) is 8.56. The van der Waals surface area contributed by atoms with Crippen LogP contribution in [0.2, 0.25) is 0 Å². The zero-order valence-corrected chi connectivity index (χ0v) is 11.4. The van der Waals surface area contributed by atoms with Gasteiger partial charge in [-0.2, -0.15) is 0 Å². The molecule has 1 aromatic carbocycles. The van der Waals surface area contributed by atoms with E-state index in [0.717, 1.165) is 0 Å². The predicted molar refractivity (Wildman–Crippen MR) is 73.5 cm³/mol. The quantitative estimate of drug-likeness (QED) is 0.836. The number of amides is 1. The van der Waals surface area contributed by atoms with Gasteiger partial charge in [0.1, 0.15) is 0 Å². The van der Waals surface area contributed by atoms with Gasteiger partial charge < -0.3 is 10.6 Å². The van der Waals surface area contributed by atoms with Crippen molar-refractivity contribution in [3.8, 4) is 0 Å². The van der Waals surface area contributed by atoms with Crippen LogP contribution in [0.1, 0.15) is 42.5 Å². The first kappa shape index (κ1) is 13.1. The fourth-order valence-electron chi connectivity index (χ4n) is 2.21. The largest absolute Gasteiger partial charge is 0.348 e. The van der Waals surface area contributed by atoms with Crippen molar-refractivity contribution in [2.75, 3.05) is 6.54 Å². The van der Waals surface area contributed by atoms with Crippen molar-refractivity contribution in [3.63, 3.8) is 0 Å². The molecule has 2 rings (SSSR count). The summed E-state index contributed by atoms with van der Waals surface area (Å²) in [6.45, 7) is 6.64. The molecule has 1 fully saturated rings. The molecule has 1 aliphatic rings. The number of carbonyl (C=O) groups is 1. The van der Waals surface area contributed by atoms with Crippen LogP contribution in [0.15, 0.2) is 18.2 Å². The van der Waals surface area contributed by atoms with E-state index >= 15 is 0 Å². The minimum absolute atomic E-state index is 0.0686. The predicted octanol–water partition coefficient (Wildman–Crippen LogP) is 2.23. The Balaban J connectivity index is 1.89. The molecule has 1 atom stereocenters. The first-order valence-electron chi connectivity index (χ1n) is 6.66. The lowest BCUT2D eigenvalue weighted by Crippen LogP contribution is -2.36.